The summed E-state index contributed by atoms with van der Waals surface area (Å²) < 4.78 is 5.78. The zero-order chi connectivity index (χ0) is 13.0. The molecule has 1 aromatic rings. The summed E-state index contributed by atoms with van der Waals surface area (Å²) in [5.74, 6) is 0.775. The van der Waals surface area contributed by atoms with E-state index in [-0.39, 0.29) is 6.04 Å². The van der Waals surface area contributed by atoms with Crippen molar-refractivity contribution in [1.82, 2.24) is 0 Å². The molecule has 0 aromatic heterocycles. The van der Waals surface area contributed by atoms with E-state index in [4.69, 9.17) is 10.5 Å². The normalized spacial score (nSPS) is 18.2. The summed E-state index contributed by atoms with van der Waals surface area (Å²) in [6.07, 6.45) is 5.41. The second kappa shape index (κ2) is 6.35. The first kappa shape index (κ1) is 13.6. The molecule has 1 aliphatic rings. The minimum atomic E-state index is 0.00528. The number of hydrogen-bond donors (Lipinski definition) is 1. The largest absolute Gasteiger partial charge is 0.379 e. The third-order valence-electron chi connectivity index (χ3n) is 4.08. The summed E-state index contributed by atoms with van der Waals surface area (Å²) in [6.45, 7) is 5.78. The van der Waals surface area contributed by atoms with Gasteiger partial charge in [-0.1, -0.05) is 31.0 Å². The second-order valence-electron chi connectivity index (χ2n) is 5.64. The van der Waals surface area contributed by atoms with Crippen LogP contribution in [-0.2, 0) is 4.74 Å². The van der Waals surface area contributed by atoms with E-state index in [1.165, 1.54) is 42.4 Å². The van der Waals surface area contributed by atoms with Crippen molar-refractivity contribution in [2.75, 3.05) is 13.2 Å². The Kier molecular flexibility index (Phi) is 4.79. The predicted molar refractivity (Wildman–Crippen MR) is 75.6 cm³/mol. The molecule has 2 nitrogen and oxygen atoms in total. The quantitative estimate of drug-likeness (QED) is 0.864. The molecule has 2 N–H and O–H groups in total. The zero-order valence-electron chi connectivity index (χ0n) is 11.6. The Labute approximate surface area is 111 Å². The van der Waals surface area contributed by atoms with Gasteiger partial charge < -0.3 is 10.5 Å². The van der Waals surface area contributed by atoms with Crippen LogP contribution in [0.25, 0.3) is 0 Å². The van der Waals surface area contributed by atoms with Crippen LogP contribution in [0.4, 0.5) is 0 Å². The maximum absolute atomic E-state index is 6.17. The number of aryl methyl sites for hydroxylation is 2. The minimum absolute atomic E-state index is 0.00528. The molecule has 1 unspecified atom stereocenters. The molecule has 0 spiro atoms. The van der Waals surface area contributed by atoms with Gasteiger partial charge in [0.15, 0.2) is 0 Å². The van der Waals surface area contributed by atoms with Crippen molar-refractivity contribution in [3.8, 4) is 0 Å². The van der Waals surface area contributed by atoms with Gasteiger partial charge in [0.2, 0.25) is 0 Å². The smallest absolute Gasteiger partial charge is 0.0659 e. The van der Waals surface area contributed by atoms with Crippen LogP contribution in [0.15, 0.2) is 18.2 Å². The lowest BCUT2D eigenvalue weighted by Gasteiger charge is -2.16. The maximum Gasteiger partial charge on any atom is 0.0659 e. The van der Waals surface area contributed by atoms with Gasteiger partial charge in [0.05, 0.1) is 12.6 Å². The Hall–Kier alpha value is -0.860. The zero-order valence-corrected chi connectivity index (χ0v) is 11.6. The molecule has 0 radical (unpaired) electrons. The average molecular weight is 247 g/mol. The van der Waals surface area contributed by atoms with E-state index in [1.807, 2.05) is 0 Å². The molecule has 0 aliphatic heterocycles. The van der Waals surface area contributed by atoms with Crippen LogP contribution in [0.1, 0.15) is 48.4 Å². The Morgan fingerprint density at radius 3 is 2.61 bits per heavy atom. The van der Waals surface area contributed by atoms with Crippen LogP contribution >= 0.6 is 0 Å². The Bertz CT molecular complexity index is 383. The van der Waals surface area contributed by atoms with Crippen molar-refractivity contribution in [3.05, 3.63) is 34.9 Å². The van der Waals surface area contributed by atoms with E-state index < -0.39 is 0 Å². The lowest BCUT2D eigenvalue weighted by atomic mass is 10.0. The lowest BCUT2D eigenvalue weighted by molar-refractivity contribution is 0.0904. The highest BCUT2D eigenvalue weighted by molar-refractivity contribution is 5.31. The minimum Gasteiger partial charge on any atom is -0.379 e. The number of benzene rings is 1. The van der Waals surface area contributed by atoms with Crippen molar-refractivity contribution in [2.24, 2.45) is 11.7 Å². The standard InChI is InChI=1S/C16H25NO/c1-12-7-8-15(9-13(12)2)16(17)11-18-10-14-5-3-4-6-14/h7-9,14,16H,3-6,10-11,17H2,1-2H3. The third kappa shape index (κ3) is 3.56. The summed E-state index contributed by atoms with van der Waals surface area (Å²) in [4.78, 5) is 0. The molecule has 0 saturated heterocycles. The molecule has 1 saturated carbocycles. The van der Waals surface area contributed by atoms with E-state index in [1.54, 1.807) is 0 Å². The highest BCUT2D eigenvalue weighted by Gasteiger charge is 2.15. The third-order valence-corrected chi connectivity index (χ3v) is 4.08. The molecule has 1 fully saturated rings. The molecule has 0 amide bonds. The second-order valence-corrected chi connectivity index (χ2v) is 5.64. The van der Waals surface area contributed by atoms with Gasteiger partial charge >= 0.3 is 0 Å². The predicted octanol–water partition coefficient (Wildman–Crippen LogP) is 3.51. The van der Waals surface area contributed by atoms with E-state index in [9.17, 15) is 0 Å². The average Bonchev–Trinajstić information content (AvgIpc) is 2.85. The fraction of sp³-hybridized carbons (Fsp3) is 0.625. The topological polar surface area (TPSA) is 35.2 Å². The van der Waals surface area contributed by atoms with Gasteiger partial charge in [-0.05, 0) is 49.3 Å². The van der Waals surface area contributed by atoms with Crippen molar-refractivity contribution in [2.45, 2.75) is 45.6 Å². The van der Waals surface area contributed by atoms with Crippen LogP contribution in [0.3, 0.4) is 0 Å². The van der Waals surface area contributed by atoms with Gasteiger partial charge in [-0.2, -0.15) is 0 Å². The molecule has 1 aliphatic carbocycles. The van der Waals surface area contributed by atoms with Crippen LogP contribution in [-0.4, -0.2) is 13.2 Å². The monoisotopic (exact) mass is 247 g/mol. The Balaban J connectivity index is 1.79. The molecule has 0 bridgehead atoms. The summed E-state index contributed by atoms with van der Waals surface area (Å²) >= 11 is 0. The van der Waals surface area contributed by atoms with E-state index in [2.05, 4.69) is 32.0 Å². The van der Waals surface area contributed by atoms with Crippen LogP contribution in [0.2, 0.25) is 0 Å². The molecular weight excluding hydrogens is 222 g/mol. The Morgan fingerprint density at radius 1 is 1.22 bits per heavy atom. The van der Waals surface area contributed by atoms with E-state index >= 15 is 0 Å². The van der Waals surface area contributed by atoms with Crippen molar-refractivity contribution >= 4 is 0 Å². The summed E-state index contributed by atoms with van der Waals surface area (Å²) in [6, 6.07) is 6.44. The first-order valence-electron chi connectivity index (χ1n) is 7.07. The van der Waals surface area contributed by atoms with E-state index in [0.717, 1.165) is 12.5 Å². The molecule has 2 heteroatoms. The van der Waals surface area contributed by atoms with Crippen molar-refractivity contribution in [3.63, 3.8) is 0 Å². The number of hydrogen-bond acceptors (Lipinski definition) is 2. The molecule has 18 heavy (non-hydrogen) atoms. The highest BCUT2D eigenvalue weighted by Crippen LogP contribution is 2.25. The summed E-state index contributed by atoms with van der Waals surface area (Å²) in [7, 11) is 0. The Morgan fingerprint density at radius 2 is 1.94 bits per heavy atom. The van der Waals surface area contributed by atoms with Crippen LogP contribution < -0.4 is 5.73 Å². The van der Waals surface area contributed by atoms with Gasteiger partial charge in [-0.15, -0.1) is 0 Å². The lowest BCUT2D eigenvalue weighted by Crippen LogP contribution is -2.19. The van der Waals surface area contributed by atoms with Gasteiger partial charge in [0.1, 0.15) is 0 Å². The first-order valence-corrected chi connectivity index (χ1v) is 7.07. The first-order chi connectivity index (χ1) is 8.66. The van der Waals surface area contributed by atoms with Gasteiger partial charge in [-0.25, -0.2) is 0 Å². The molecule has 2 rings (SSSR count). The van der Waals surface area contributed by atoms with Gasteiger partial charge in [0, 0.05) is 6.61 Å². The molecule has 1 aromatic carbocycles. The highest BCUT2D eigenvalue weighted by atomic mass is 16.5. The summed E-state index contributed by atoms with van der Waals surface area (Å²) in [5, 5.41) is 0. The molecule has 1 atom stereocenters. The van der Waals surface area contributed by atoms with Crippen molar-refractivity contribution < 1.29 is 4.74 Å². The van der Waals surface area contributed by atoms with Gasteiger partial charge in [0.25, 0.3) is 0 Å². The maximum atomic E-state index is 6.17. The number of rotatable bonds is 5. The SMILES string of the molecule is Cc1ccc(C(N)COCC2CCCC2)cc1C. The molecule has 100 valence electrons. The number of nitrogens with two attached hydrogens (primary N) is 1. The van der Waals surface area contributed by atoms with Crippen LogP contribution in [0, 0.1) is 19.8 Å². The fourth-order valence-corrected chi connectivity index (χ4v) is 2.63. The van der Waals surface area contributed by atoms with Crippen LogP contribution in [0.5, 0.6) is 0 Å². The fourth-order valence-electron chi connectivity index (χ4n) is 2.63. The number of ether oxygens (including phenoxy) is 1. The van der Waals surface area contributed by atoms with Crippen molar-refractivity contribution in [1.29, 1.82) is 0 Å². The van der Waals surface area contributed by atoms with Gasteiger partial charge in [-0.3, -0.25) is 0 Å². The molecule has 0 heterocycles. The van der Waals surface area contributed by atoms with E-state index in [0.29, 0.717) is 6.61 Å². The summed E-state index contributed by atoms with van der Waals surface area (Å²) in [5.41, 5.74) is 9.98. The molecular formula is C16H25NO.